The molecule has 0 radical (unpaired) electrons. The number of benzene rings is 1. The largest absolute Gasteiger partial charge is 0.452 e. The van der Waals surface area contributed by atoms with Gasteiger partial charge in [-0.25, -0.2) is 22.4 Å². The lowest BCUT2D eigenvalue weighted by Gasteiger charge is -2.30. The van der Waals surface area contributed by atoms with Crippen LogP contribution in [0.5, 0.6) is 0 Å². The number of ether oxygens (including phenoxy) is 3. The van der Waals surface area contributed by atoms with Crippen molar-refractivity contribution in [1.82, 2.24) is 30.5 Å². The highest BCUT2D eigenvalue weighted by molar-refractivity contribution is 7.91. The third-order valence-corrected chi connectivity index (χ3v) is 12.3. The van der Waals surface area contributed by atoms with Gasteiger partial charge in [-0.05, 0) is 58.1 Å². The van der Waals surface area contributed by atoms with Gasteiger partial charge in [-0.2, -0.15) is 0 Å². The van der Waals surface area contributed by atoms with E-state index < -0.39 is 104 Å². The lowest BCUT2D eigenvalue weighted by atomic mass is 10.1. The summed E-state index contributed by atoms with van der Waals surface area (Å²) in [5.74, 6) is -4.92. The summed E-state index contributed by atoms with van der Waals surface area (Å²) in [5.41, 5.74) is -1.75. The maximum absolute atomic E-state index is 14.5. The fraction of sp³-hybridized carbons (Fsp3) is 0.595. The Bertz CT molecular complexity index is 1970. The predicted molar refractivity (Wildman–Crippen MR) is 195 cm³/mol. The number of rotatable bonds is 13. The average molecular weight is 819 g/mol. The summed E-state index contributed by atoms with van der Waals surface area (Å²) in [6.45, 7) is 7.97. The molecule has 3 heterocycles. The van der Waals surface area contributed by atoms with Crippen molar-refractivity contribution < 1.29 is 60.6 Å². The SMILES string of the molecule is C=C[C@H]1C[C@]1(NC(=O)[C@@H]1C[C@@H](OC(=O)N2Cc3cccc(F)c3C2)CN1C(=O)[C@H](CCNC(=O)[C@H]1CCC(=O)O1)NC(=O)OC(C)(C)C)C(=O)NS(=O)(=O)C1CC1. The molecule has 4 N–H and O–H groups in total. The van der Waals surface area contributed by atoms with Crippen molar-refractivity contribution in [3.8, 4) is 0 Å². The fourth-order valence-corrected chi connectivity index (χ4v) is 8.56. The molecule has 6 atom stereocenters. The monoisotopic (exact) mass is 818 g/mol. The number of hydrogen-bond acceptors (Lipinski definition) is 12. The summed E-state index contributed by atoms with van der Waals surface area (Å²) in [6.07, 6.45) is -1.97. The van der Waals surface area contributed by atoms with E-state index in [0.717, 1.165) is 4.90 Å². The van der Waals surface area contributed by atoms with Crippen molar-refractivity contribution >= 4 is 51.8 Å². The molecular formula is C37H47FN6O12S. The number of hydrogen-bond donors (Lipinski definition) is 4. The van der Waals surface area contributed by atoms with Crippen molar-refractivity contribution in [2.75, 3.05) is 13.1 Å². The lowest BCUT2D eigenvalue weighted by Crippen LogP contribution is -2.58. The maximum atomic E-state index is 14.5. The quantitative estimate of drug-likeness (QED) is 0.124. The molecule has 0 unspecified atom stereocenters. The highest BCUT2D eigenvalue weighted by Crippen LogP contribution is 2.45. The third-order valence-electron chi connectivity index (χ3n) is 10.4. The standard InChI is InChI=1S/C37H47FN6O12S/c1-5-21-16-37(21,33(49)42-57(52,53)23-9-10-23)41-30(46)27-15-22(54-35(51)43-17-20-7-6-8-25(38)24(20)19-43)18-44(27)32(48)26(40-34(50)56-36(2,3)4)13-14-39-31(47)28-11-12-29(45)55-28/h5-8,21-23,26-28H,1,9-19H2,2-4H3,(H,39,47)(H,40,50)(H,41,46)(H,42,49)/t21-,22+,26-,27-,28+,37+/m0/s1. The second-order valence-corrected chi connectivity index (χ2v) is 17.9. The Morgan fingerprint density at radius 3 is 2.46 bits per heavy atom. The third kappa shape index (κ3) is 9.48. The molecule has 18 nitrogen and oxygen atoms in total. The van der Waals surface area contributed by atoms with Gasteiger partial charge in [0, 0.05) is 43.8 Å². The zero-order valence-corrected chi connectivity index (χ0v) is 32.7. The van der Waals surface area contributed by atoms with Gasteiger partial charge in [0.2, 0.25) is 21.8 Å². The molecule has 310 valence electrons. The summed E-state index contributed by atoms with van der Waals surface area (Å²) < 4.78 is 58.0. The van der Waals surface area contributed by atoms with Crippen LogP contribution in [0.1, 0.15) is 76.8 Å². The normalized spacial score (nSPS) is 25.7. The van der Waals surface area contributed by atoms with Gasteiger partial charge in [-0.1, -0.05) is 18.2 Å². The number of likely N-dealkylation sites (tertiary alicyclic amines) is 1. The van der Waals surface area contributed by atoms with Crippen LogP contribution in [0, 0.1) is 11.7 Å². The predicted octanol–water partition coefficient (Wildman–Crippen LogP) is 1.02. The molecule has 0 aromatic heterocycles. The van der Waals surface area contributed by atoms with Gasteiger partial charge in [-0.3, -0.25) is 33.6 Å². The topological polar surface area (TPSA) is 236 Å². The maximum Gasteiger partial charge on any atom is 0.410 e. The van der Waals surface area contributed by atoms with Crippen LogP contribution in [0.2, 0.25) is 0 Å². The molecule has 1 aromatic carbocycles. The number of nitrogens with zero attached hydrogens (tertiary/aromatic N) is 2. The smallest absolute Gasteiger partial charge is 0.410 e. The van der Waals surface area contributed by atoms with Crippen molar-refractivity contribution in [2.45, 2.75) is 119 Å². The van der Waals surface area contributed by atoms with Crippen molar-refractivity contribution in [3.63, 3.8) is 0 Å². The Kier molecular flexibility index (Phi) is 11.6. The van der Waals surface area contributed by atoms with Crippen LogP contribution in [0.4, 0.5) is 14.0 Å². The van der Waals surface area contributed by atoms with E-state index in [4.69, 9.17) is 14.2 Å². The number of halogens is 1. The molecule has 0 bridgehead atoms. The van der Waals surface area contributed by atoms with Crippen LogP contribution in [0.25, 0.3) is 0 Å². The minimum atomic E-state index is -3.99. The molecule has 2 saturated carbocycles. The summed E-state index contributed by atoms with van der Waals surface area (Å²) >= 11 is 0. The van der Waals surface area contributed by atoms with E-state index in [1.165, 1.54) is 23.1 Å². The van der Waals surface area contributed by atoms with Gasteiger partial charge >= 0.3 is 18.2 Å². The summed E-state index contributed by atoms with van der Waals surface area (Å²) in [7, 11) is -3.99. The van der Waals surface area contributed by atoms with Gasteiger partial charge in [0.15, 0.2) is 6.10 Å². The number of amides is 6. The number of fused-ring (bicyclic) bond motifs is 1. The summed E-state index contributed by atoms with van der Waals surface area (Å²) in [6, 6.07) is 1.65. The molecule has 2 saturated heterocycles. The van der Waals surface area contributed by atoms with Crippen LogP contribution in [-0.4, -0.2) is 114 Å². The highest BCUT2D eigenvalue weighted by Gasteiger charge is 2.62. The van der Waals surface area contributed by atoms with E-state index in [9.17, 15) is 46.4 Å². The number of nitrogens with one attached hydrogen (secondary N) is 4. The van der Waals surface area contributed by atoms with Crippen LogP contribution in [0.15, 0.2) is 30.9 Å². The Labute approximate surface area is 328 Å². The fourth-order valence-electron chi connectivity index (χ4n) is 7.19. The molecule has 3 aliphatic heterocycles. The summed E-state index contributed by atoms with van der Waals surface area (Å²) in [4.78, 5) is 95.0. The van der Waals surface area contributed by atoms with Crippen molar-refractivity contribution in [1.29, 1.82) is 0 Å². The molecule has 1 aromatic rings. The summed E-state index contributed by atoms with van der Waals surface area (Å²) in [5, 5.41) is 7.00. The molecule has 2 aliphatic carbocycles. The minimum Gasteiger partial charge on any atom is -0.452 e. The van der Waals surface area contributed by atoms with Gasteiger partial charge in [-0.15, -0.1) is 6.58 Å². The highest BCUT2D eigenvalue weighted by atomic mass is 32.2. The van der Waals surface area contributed by atoms with Gasteiger partial charge in [0.1, 0.15) is 35.1 Å². The molecule has 0 spiro atoms. The van der Waals surface area contributed by atoms with Crippen LogP contribution >= 0.6 is 0 Å². The van der Waals surface area contributed by atoms with Crippen LogP contribution in [0.3, 0.4) is 0 Å². The zero-order chi connectivity index (χ0) is 41.4. The van der Waals surface area contributed by atoms with Gasteiger partial charge in [0.05, 0.1) is 18.3 Å². The van der Waals surface area contributed by atoms with E-state index in [1.54, 1.807) is 26.8 Å². The van der Waals surface area contributed by atoms with Crippen molar-refractivity contribution in [2.24, 2.45) is 5.92 Å². The molecule has 5 aliphatic rings. The lowest BCUT2D eigenvalue weighted by molar-refractivity contribution is -0.148. The molecule has 4 fully saturated rings. The average Bonchev–Trinajstić information content (AvgIpc) is 3.95. The number of sulfonamides is 1. The van der Waals surface area contributed by atoms with E-state index in [-0.39, 0.29) is 58.3 Å². The number of alkyl carbamates (subject to hydrolysis) is 1. The number of cyclic esters (lactones) is 1. The Hall–Kier alpha value is -5.27. The number of esters is 1. The second kappa shape index (κ2) is 15.9. The van der Waals surface area contributed by atoms with E-state index in [1.807, 2.05) is 0 Å². The molecule has 6 rings (SSSR count). The van der Waals surface area contributed by atoms with Gasteiger partial charge in [0.25, 0.3) is 11.8 Å². The van der Waals surface area contributed by atoms with Crippen molar-refractivity contribution in [3.05, 3.63) is 47.8 Å². The molecule has 57 heavy (non-hydrogen) atoms. The Balaban J connectivity index is 1.22. The van der Waals surface area contributed by atoms with Gasteiger partial charge < -0.3 is 35.1 Å². The first kappa shape index (κ1) is 41.4. The first-order valence-electron chi connectivity index (χ1n) is 18.8. The first-order valence-corrected chi connectivity index (χ1v) is 20.3. The molecule has 6 amide bonds. The molecule has 20 heteroatoms. The Morgan fingerprint density at radius 2 is 1.84 bits per heavy atom. The molecular weight excluding hydrogens is 772 g/mol. The zero-order valence-electron chi connectivity index (χ0n) is 31.8. The Morgan fingerprint density at radius 1 is 1.11 bits per heavy atom. The minimum absolute atomic E-state index is 0.0260. The van der Waals surface area contributed by atoms with E-state index in [2.05, 4.69) is 27.3 Å². The van der Waals surface area contributed by atoms with E-state index in [0.29, 0.717) is 24.0 Å². The first-order chi connectivity index (χ1) is 26.8. The van der Waals surface area contributed by atoms with E-state index >= 15 is 0 Å². The second-order valence-electron chi connectivity index (χ2n) is 16.0. The number of carbonyl (C=O) groups excluding carboxylic acids is 7. The van der Waals surface area contributed by atoms with Crippen LogP contribution < -0.4 is 20.7 Å². The van der Waals surface area contributed by atoms with Crippen LogP contribution in [-0.2, 0) is 61.3 Å². The number of carbonyl (C=O) groups is 7.